The number of thioether (sulfide) groups is 3. The van der Waals surface area contributed by atoms with Gasteiger partial charge < -0.3 is 5.11 Å². The lowest BCUT2D eigenvalue weighted by Gasteiger charge is -2.39. The molecule has 1 aliphatic heterocycles. The molecular formula is C18H34O2S3. The van der Waals surface area contributed by atoms with E-state index in [1.165, 1.54) is 11.8 Å². The second-order valence-corrected chi connectivity index (χ2v) is 13.7. The van der Waals surface area contributed by atoms with Crippen LogP contribution in [-0.4, -0.2) is 36.7 Å². The molecule has 0 aromatic rings. The highest BCUT2D eigenvalue weighted by atomic mass is 32.2. The monoisotopic (exact) mass is 378 g/mol. The Balaban J connectivity index is 2.73. The minimum absolute atomic E-state index is 0.0208. The third-order valence-electron chi connectivity index (χ3n) is 4.33. The van der Waals surface area contributed by atoms with E-state index in [0.717, 1.165) is 24.2 Å². The summed E-state index contributed by atoms with van der Waals surface area (Å²) < 4.78 is 0.521. The molecule has 2 atom stereocenters. The van der Waals surface area contributed by atoms with Crippen molar-refractivity contribution in [3.05, 3.63) is 0 Å². The molecule has 1 saturated heterocycles. The first-order valence-corrected chi connectivity index (χ1v) is 11.2. The van der Waals surface area contributed by atoms with E-state index in [9.17, 15) is 9.90 Å². The summed E-state index contributed by atoms with van der Waals surface area (Å²) in [6.07, 6.45) is 1.84. The average Bonchev–Trinajstić information content (AvgIpc) is 2.73. The maximum Gasteiger partial charge on any atom is 0.176 e. The van der Waals surface area contributed by atoms with Gasteiger partial charge in [0.2, 0.25) is 0 Å². The Kier molecular flexibility index (Phi) is 7.09. The molecule has 0 aliphatic carbocycles. The number of hydrogen-bond donors (Lipinski definition) is 1. The van der Waals surface area contributed by atoms with Crippen LogP contribution in [0.1, 0.15) is 68.2 Å². The molecule has 136 valence electrons. The molecule has 23 heavy (non-hydrogen) atoms. The topological polar surface area (TPSA) is 37.3 Å². The van der Waals surface area contributed by atoms with E-state index in [1.54, 1.807) is 0 Å². The molecule has 5 heteroatoms. The van der Waals surface area contributed by atoms with E-state index in [0.29, 0.717) is 9.83 Å². The van der Waals surface area contributed by atoms with E-state index in [1.807, 2.05) is 13.8 Å². The fraction of sp³-hybridized carbons (Fsp3) is 0.944. The molecule has 1 rings (SSSR count). The molecule has 1 N–H and O–H groups in total. The van der Waals surface area contributed by atoms with Gasteiger partial charge in [-0.3, -0.25) is 4.79 Å². The second-order valence-electron chi connectivity index (χ2n) is 9.41. The largest absolute Gasteiger partial charge is 0.390 e. The van der Waals surface area contributed by atoms with Crippen LogP contribution in [0.4, 0.5) is 0 Å². The quantitative estimate of drug-likeness (QED) is 0.567. The molecule has 0 saturated carbocycles. The maximum atomic E-state index is 10.9. The summed E-state index contributed by atoms with van der Waals surface area (Å²) in [5.41, 5.74) is 0.646. The SMILES string of the molecule is CC(C)(O)CC(C)(C)[C@H]1CSC(C(C)(C)CC(C)(C)SC=O)S1. The highest BCUT2D eigenvalue weighted by Crippen LogP contribution is 2.56. The minimum atomic E-state index is -0.620. The van der Waals surface area contributed by atoms with Crippen LogP contribution in [0.3, 0.4) is 0 Å². The van der Waals surface area contributed by atoms with Crippen molar-refractivity contribution in [2.45, 2.75) is 88.4 Å². The van der Waals surface area contributed by atoms with Crippen LogP contribution >= 0.6 is 35.3 Å². The van der Waals surface area contributed by atoms with Crippen molar-refractivity contribution in [1.29, 1.82) is 0 Å². The fourth-order valence-corrected chi connectivity index (χ4v) is 8.56. The summed E-state index contributed by atoms with van der Waals surface area (Å²) in [5, 5.41) is 10.8. The number of carbonyl (C=O) groups is 1. The predicted octanol–water partition coefficient (Wildman–Crippen LogP) is 5.47. The Morgan fingerprint density at radius 3 is 2.09 bits per heavy atom. The molecule has 1 heterocycles. The molecule has 0 aromatic carbocycles. The summed E-state index contributed by atoms with van der Waals surface area (Å²) in [6.45, 7) is 17.4. The van der Waals surface area contributed by atoms with Crippen LogP contribution in [0.2, 0.25) is 0 Å². The van der Waals surface area contributed by atoms with Gasteiger partial charge in [0.1, 0.15) is 0 Å². The van der Waals surface area contributed by atoms with Crippen molar-refractivity contribution in [2.24, 2.45) is 10.8 Å². The van der Waals surface area contributed by atoms with Crippen LogP contribution < -0.4 is 0 Å². The first-order valence-electron chi connectivity index (χ1n) is 8.29. The number of aliphatic hydroxyl groups is 1. The summed E-state index contributed by atoms with van der Waals surface area (Å²) in [5.74, 6) is 1.14. The smallest absolute Gasteiger partial charge is 0.176 e. The van der Waals surface area contributed by atoms with E-state index >= 15 is 0 Å². The van der Waals surface area contributed by atoms with Crippen LogP contribution in [-0.2, 0) is 4.79 Å². The van der Waals surface area contributed by atoms with Gasteiger partial charge in [-0.2, -0.15) is 0 Å². The molecule has 0 aromatic heterocycles. The van der Waals surface area contributed by atoms with Gasteiger partial charge >= 0.3 is 0 Å². The summed E-state index contributed by atoms with van der Waals surface area (Å²) in [4.78, 5) is 10.9. The zero-order chi connectivity index (χ0) is 18.1. The third kappa shape index (κ3) is 6.83. The highest BCUT2D eigenvalue weighted by molar-refractivity contribution is 8.20. The van der Waals surface area contributed by atoms with Gasteiger partial charge in [0.15, 0.2) is 5.62 Å². The van der Waals surface area contributed by atoms with Crippen LogP contribution in [0.15, 0.2) is 0 Å². The highest BCUT2D eigenvalue weighted by Gasteiger charge is 2.45. The summed E-state index contributed by atoms with van der Waals surface area (Å²) in [7, 11) is 0. The Labute approximate surface area is 155 Å². The Hall–Kier alpha value is 0.680. The zero-order valence-electron chi connectivity index (χ0n) is 15.9. The molecule has 0 radical (unpaired) electrons. The van der Waals surface area contributed by atoms with Gasteiger partial charge in [0.25, 0.3) is 0 Å². The Morgan fingerprint density at radius 1 is 1.04 bits per heavy atom. The lowest BCUT2D eigenvalue weighted by atomic mass is 9.79. The Morgan fingerprint density at radius 2 is 1.61 bits per heavy atom. The molecular weight excluding hydrogens is 344 g/mol. The van der Waals surface area contributed by atoms with E-state index in [4.69, 9.17) is 0 Å². The first kappa shape index (κ1) is 21.7. The van der Waals surface area contributed by atoms with Gasteiger partial charge in [0.05, 0.1) is 10.2 Å². The molecule has 1 aliphatic rings. The van der Waals surface area contributed by atoms with Crippen molar-refractivity contribution in [2.75, 3.05) is 5.75 Å². The van der Waals surface area contributed by atoms with Crippen molar-refractivity contribution < 1.29 is 9.90 Å². The van der Waals surface area contributed by atoms with Crippen molar-refractivity contribution >= 4 is 40.9 Å². The van der Waals surface area contributed by atoms with Gasteiger partial charge in [0, 0.05) is 15.7 Å². The van der Waals surface area contributed by atoms with E-state index in [2.05, 4.69) is 65.1 Å². The standard InChI is InChI=1S/C18H34O2S3/c1-15(2,10-17(5,6)20)13-9-21-14(23-13)16(3,4)11-18(7,8)22-12-19/h12-14,20H,9-11H2,1-8H3/t13-,14?/m1/s1. The normalized spacial score (nSPS) is 24.0. The van der Waals surface area contributed by atoms with Gasteiger partial charge in [-0.05, 0) is 37.5 Å². The van der Waals surface area contributed by atoms with Gasteiger partial charge in [-0.25, -0.2) is 0 Å². The summed E-state index contributed by atoms with van der Waals surface area (Å²) >= 11 is 5.53. The molecule has 1 unspecified atom stereocenters. The second kappa shape index (κ2) is 7.51. The fourth-order valence-electron chi connectivity index (χ4n) is 3.80. The van der Waals surface area contributed by atoms with Crippen LogP contribution in [0, 0.1) is 10.8 Å². The number of carbonyl (C=O) groups excluding carboxylic acids is 1. The average molecular weight is 379 g/mol. The molecule has 0 amide bonds. The maximum absolute atomic E-state index is 10.9. The Bertz CT molecular complexity index is 411. The molecule has 2 nitrogen and oxygen atoms in total. The number of rotatable bonds is 8. The first-order chi connectivity index (χ1) is 10.2. The molecule has 0 bridgehead atoms. The van der Waals surface area contributed by atoms with Crippen LogP contribution in [0.25, 0.3) is 0 Å². The lowest BCUT2D eigenvalue weighted by Crippen LogP contribution is -2.36. The predicted molar refractivity (Wildman–Crippen MR) is 109 cm³/mol. The van der Waals surface area contributed by atoms with Gasteiger partial charge in [-0.15, -0.1) is 23.5 Å². The van der Waals surface area contributed by atoms with E-state index < -0.39 is 5.60 Å². The third-order valence-corrected chi connectivity index (χ3v) is 9.65. The summed E-state index contributed by atoms with van der Waals surface area (Å²) in [6, 6.07) is 0. The van der Waals surface area contributed by atoms with E-state index in [-0.39, 0.29) is 15.6 Å². The molecule has 1 fully saturated rings. The minimum Gasteiger partial charge on any atom is -0.390 e. The lowest BCUT2D eigenvalue weighted by molar-refractivity contribution is 0.0328. The number of hydrogen-bond acceptors (Lipinski definition) is 5. The van der Waals surface area contributed by atoms with Crippen LogP contribution in [0.5, 0.6) is 0 Å². The molecule has 0 spiro atoms. The zero-order valence-corrected chi connectivity index (χ0v) is 18.4. The van der Waals surface area contributed by atoms with Crippen molar-refractivity contribution in [1.82, 2.24) is 0 Å². The van der Waals surface area contributed by atoms with Gasteiger partial charge in [-0.1, -0.05) is 53.3 Å². The van der Waals surface area contributed by atoms with Crippen molar-refractivity contribution in [3.8, 4) is 0 Å². The van der Waals surface area contributed by atoms with Crippen molar-refractivity contribution in [3.63, 3.8) is 0 Å².